The van der Waals surface area contributed by atoms with E-state index in [1.54, 1.807) is 6.20 Å². The zero-order valence-corrected chi connectivity index (χ0v) is 9.91. The number of hydrogen-bond donors (Lipinski definition) is 1. The van der Waals surface area contributed by atoms with Crippen molar-refractivity contribution in [2.75, 3.05) is 11.4 Å². The van der Waals surface area contributed by atoms with Crippen molar-refractivity contribution >= 4 is 22.6 Å². The summed E-state index contributed by atoms with van der Waals surface area (Å²) in [5, 5.41) is 10.3. The number of para-hydroxylation sites is 1. The second-order valence-corrected chi connectivity index (χ2v) is 4.54. The van der Waals surface area contributed by atoms with Gasteiger partial charge in [0, 0.05) is 18.1 Å². The molecule has 0 aliphatic carbocycles. The van der Waals surface area contributed by atoms with Gasteiger partial charge in [-0.1, -0.05) is 18.2 Å². The quantitative estimate of drug-likeness (QED) is 0.877. The molecule has 0 amide bonds. The Bertz CT molecular complexity index is 592. The highest BCUT2D eigenvalue weighted by molar-refractivity contribution is 5.93. The molecule has 0 radical (unpaired) electrons. The van der Waals surface area contributed by atoms with Crippen LogP contribution in [-0.4, -0.2) is 28.6 Å². The lowest BCUT2D eigenvalue weighted by Gasteiger charge is -2.24. The van der Waals surface area contributed by atoms with E-state index in [-0.39, 0.29) is 0 Å². The Balaban J connectivity index is 2.11. The Morgan fingerprint density at radius 2 is 2.17 bits per heavy atom. The largest absolute Gasteiger partial charge is 0.480 e. The van der Waals surface area contributed by atoms with Gasteiger partial charge in [0.25, 0.3) is 0 Å². The Labute approximate surface area is 105 Å². The minimum atomic E-state index is -0.750. The summed E-state index contributed by atoms with van der Waals surface area (Å²) in [6.07, 6.45) is 3.37. The van der Waals surface area contributed by atoms with Gasteiger partial charge in [0.15, 0.2) is 0 Å². The van der Waals surface area contributed by atoms with Crippen LogP contribution in [0.1, 0.15) is 12.8 Å². The molecule has 18 heavy (non-hydrogen) atoms. The van der Waals surface area contributed by atoms with Gasteiger partial charge in [-0.15, -0.1) is 0 Å². The van der Waals surface area contributed by atoms with Gasteiger partial charge < -0.3 is 10.0 Å². The Kier molecular flexibility index (Phi) is 2.63. The first kappa shape index (κ1) is 11.0. The highest BCUT2D eigenvalue weighted by Crippen LogP contribution is 2.30. The fraction of sp³-hybridized carbons (Fsp3) is 0.286. The molecule has 1 aromatic carbocycles. The van der Waals surface area contributed by atoms with Gasteiger partial charge in [0.2, 0.25) is 0 Å². The SMILES string of the molecule is O=C(O)C1CCCN1c1cccc2cccnc12. The third-order valence-electron chi connectivity index (χ3n) is 3.46. The summed E-state index contributed by atoms with van der Waals surface area (Å²) in [5.41, 5.74) is 1.81. The molecule has 4 heteroatoms. The molecule has 1 aliphatic heterocycles. The van der Waals surface area contributed by atoms with E-state index in [4.69, 9.17) is 0 Å². The topological polar surface area (TPSA) is 53.4 Å². The summed E-state index contributed by atoms with van der Waals surface area (Å²) in [4.78, 5) is 17.6. The van der Waals surface area contributed by atoms with Gasteiger partial charge in [0.1, 0.15) is 6.04 Å². The standard InChI is InChI=1S/C14H14N2O2/c17-14(18)12-7-3-9-16(12)11-6-1-4-10-5-2-8-15-13(10)11/h1-2,4-6,8,12H,3,7,9H2,(H,17,18). The number of aliphatic carboxylic acids is 1. The molecule has 3 rings (SSSR count). The number of nitrogens with zero attached hydrogens (tertiary/aromatic N) is 2. The van der Waals surface area contributed by atoms with Crippen molar-refractivity contribution in [2.24, 2.45) is 0 Å². The number of anilines is 1. The Morgan fingerprint density at radius 1 is 1.33 bits per heavy atom. The van der Waals surface area contributed by atoms with E-state index < -0.39 is 12.0 Å². The lowest BCUT2D eigenvalue weighted by molar-refractivity contribution is -0.138. The summed E-state index contributed by atoms with van der Waals surface area (Å²) >= 11 is 0. The third-order valence-corrected chi connectivity index (χ3v) is 3.46. The molecule has 1 aromatic heterocycles. The van der Waals surface area contributed by atoms with Crippen molar-refractivity contribution in [1.29, 1.82) is 0 Å². The van der Waals surface area contributed by atoms with E-state index >= 15 is 0 Å². The number of carboxylic acids is 1. The molecule has 0 saturated carbocycles. The number of carbonyl (C=O) groups is 1. The monoisotopic (exact) mass is 242 g/mol. The van der Waals surface area contributed by atoms with Gasteiger partial charge >= 0.3 is 5.97 Å². The van der Waals surface area contributed by atoms with Crippen LogP contribution in [0.25, 0.3) is 10.9 Å². The van der Waals surface area contributed by atoms with Crippen LogP contribution in [0.5, 0.6) is 0 Å². The zero-order valence-electron chi connectivity index (χ0n) is 9.91. The second-order valence-electron chi connectivity index (χ2n) is 4.54. The molecule has 1 aliphatic rings. The van der Waals surface area contributed by atoms with Gasteiger partial charge in [-0.25, -0.2) is 4.79 Å². The summed E-state index contributed by atoms with van der Waals surface area (Å²) in [6, 6.07) is 9.38. The Morgan fingerprint density at radius 3 is 3.00 bits per heavy atom. The Hall–Kier alpha value is -2.10. The lowest BCUT2D eigenvalue weighted by atomic mass is 10.1. The predicted octanol–water partition coefficient (Wildman–Crippen LogP) is 2.29. The minimum absolute atomic E-state index is 0.419. The minimum Gasteiger partial charge on any atom is -0.480 e. The number of aromatic nitrogens is 1. The zero-order chi connectivity index (χ0) is 12.5. The van der Waals surface area contributed by atoms with Crippen LogP contribution in [0.15, 0.2) is 36.5 Å². The number of pyridine rings is 1. The van der Waals surface area contributed by atoms with Crippen LogP contribution in [0, 0.1) is 0 Å². The van der Waals surface area contributed by atoms with Gasteiger partial charge in [-0.2, -0.15) is 0 Å². The molecule has 1 saturated heterocycles. The number of benzene rings is 1. The average molecular weight is 242 g/mol. The summed E-state index contributed by atoms with van der Waals surface area (Å²) < 4.78 is 0. The fourth-order valence-corrected chi connectivity index (χ4v) is 2.63. The number of hydrogen-bond acceptors (Lipinski definition) is 3. The third kappa shape index (κ3) is 1.70. The van der Waals surface area contributed by atoms with Crippen molar-refractivity contribution in [2.45, 2.75) is 18.9 Å². The van der Waals surface area contributed by atoms with Crippen LogP contribution in [0.3, 0.4) is 0 Å². The van der Waals surface area contributed by atoms with Crippen LogP contribution in [0.2, 0.25) is 0 Å². The number of fused-ring (bicyclic) bond motifs is 1. The average Bonchev–Trinajstić information content (AvgIpc) is 2.87. The normalized spacial score (nSPS) is 19.3. The molecular formula is C14H14N2O2. The van der Waals surface area contributed by atoms with Crippen molar-refractivity contribution < 1.29 is 9.90 Å². The second kappa shape index (κ2) is 4.29. The van der Waals surface area contributed by atoms with E-state index in [1.165, 1.54) is 0 Å². The highest BCUT2D eigenvalue weighted by Gasteiger charge is 2.31. The molecule has 4 nitrogen and oxygen atoms in total. The van der Waals surface area contributed by atoms with E-state index in [0.29, 0.717) is 6.42 Å². The molecular weight excluding hydrogens is 228 g/mol. The molecule has 1 unspecified atom stereocenters. The van der Waals surface area contributed by atoms with Crippen LogP contribution in [0.4, 0.5) is 5.69 Å². The first-order valence-corrected chi connectivity index (χ1v) is 6.10. The van der Waals surface area contributed by atoms with E-state index in [2.05, 4.69) is 4.98 Å². The fourth-order valence-electron chi connectivity index (χ4n) is 2.63. The van der Waals surface area contributed by atoms with Gasteiger partial charge in [-0.3, -0.25) is 4.98 Å². The molecule has 2 heterocycles. The first-order chi connectivity index (χ1) is 8.77. The number of carboxylic acid groups (broad SMARTS) is 1. The molecule has 1 N–H and O–H groups in total. The van der Waals surface area contributed by atoms with Gasteiger partial charge in [0.05, 0.1) is 11.2 Å². The first-order valence-electron chi connectivity index (χ1n) is 6.10. The van der Waals surface area contributed by atoms with E-state index in [1.807, 2.05) is 35.2 Å². The van der Waals surface area contributed by atoms with Crippen LogP contribution >= 0.6 is 0 Å². The van der Waals surface area contributed by atoms with Crippen LogP contribution < -0.4 is 4.90 Å². The highest BCUT2D eigenvalue weighted by atomic mass is 16.4. The number of rotatable bonds is 2. The maximum atomic E-state index is 11.3. The van der Waals surface area contributed by atoms with Crippen LogP contribution in [-0.2, 0) is 4.79 Å². The summed E-state index contributed by atoms with van der Waals surface area (Å²) in [7, 11) is 0. The summed E-state index contributed by atoms with van der Waals surface area (Å²) in [5.74, 6) is -0.750. The van der Waals surface area contributed by atoms with Crippen molar-refractivity contribution in [3.8, 4) is 0 Å². The summed E-state index contributed by atoms with van der Waals surface area (Å²) in [6.45, 7) is 0.784. The smallest absolute Gasteiger partial charge is 0.326 e. The maximum absolute atomic E-state index is 11.3. The molecule has 2 aromatic rings. The molecule has 0 bridgehead atoms. The lowest BCUT2D eigenvalue weighted by Crippen LogP contribution is -2.36. The van der Waals surface area contributed by atoms with E-state index in [9.17, 15) is 9.90 Å². The predicted molar refractivity (Wildman–Crippen MR) is 69.7 cm³/mol. The molecule has 1 atom stereocenters. The molecule has 92 valence electrons. The van der Waals surface area contributed by atoms with E-state index in [0.717, 1.165) is 29.6 Å². The maximum Gasteiger partial charge on any atom is 0.326 e. The van der Waals surface area contributed by atoms with Crippen molar-refractivity contribution in [3.05, 3.63) is 36.5 Å². The van der Waals surface area contributed by atoms with Gasteiger partial charge in [-0.05, 0) is 25.0 Å². The molecule has 1 fully saturated rings. The molecule has 0 spiro atoms. The van der Waals surface area contributed by atoms with Crippen molar-refractivity contribution in [3.63, 3.8) is 0 Å². The van der Waals surface area contributed by atoms with Crippen molar-refractivity contribution in [1.82, 2.24) is 4.98 Å².